The molecule has 0 fully saturated rings. The van der Waals surface area contributed by atoms with E-state index in [0.717, 1.165) is 19.0 Å². The molecule has 0 bridgehead atoms. The zero-order chi connectivity index (χ0) is 9.56. The van der Waals surface area contributed by atoms with Gasteiger partial charge in [-0.3, -0.25) is 4.21 Å². The lowest BCUT2D eigenvalue weighted by Crippen LogP contribution is -2.30. The van der Waals surface area contributed by atoms with Crippen molar-refractivity contribution >= 4 is 10.8 Å². The van der Waals surface area contributed by atoms with Gasteiger partial charge in [0.2, 0.25) is 0 Å². The Kier molecular flexibility index (Phi) is 6.67. The first kappa shape index (κ1) is 12.1. The molecule has 0 saturated carbocycles. The van der Waals surface area contributed by atoms with Crippen molar-refractivity contribution in [1.82, 2.24) is 5.32 Å². The summed E-state index contributed by atoms with van der Waals surface area (Å²) >= 11 is 0. The van der Waals surface area contributed by atoms with Gasteiger partial charge in [0.05, 0.1) is 0 Å². The Morgan fingerprint density at radius 3 is 2.33 bits per heavy atom. The molecule has 74 valence electrons. The molecule has 0 radical (unpaired) electrons. The molecule has 0 spiro atoms. The molecule has 0 aromatic carbocycles. The summed E-state index contributed by atoms with van der Waals surface area (Å²) < 4.78 is 11.0. The smallest absolute Gasteiger partial charge is 0.0441 e. The van der Waals surface area contributed by atoms with Crippen LogP contribution in [0.1, 0.15) is 27.2 Å². The van der Waals surface area contributed by atoms with Crippen molar-refractivity contribution < 1.29 is 4.21 Å². The largest absolute Gasteiger partial charge is 0.315 e. The van der Waals surface area contributed by atoms with Crippen molar-refractivity contribution in [3.8, 4) is 0 Å². The third-order valence-corrected chi connectivity index (χ3v) is 3.49. The normalized spacial score (nSPS) is 18.7. The molecule has 0 aliphatic heterocycles. The summed E-state index contributed by atoms with van der Waals surface area (Å²) in [5.41, 5.74) is 0. The minimum Gasteiger partial charge on any atom is -0.315 e. The van der Waals surface area contributed by atoms with E-state index in [1.54, 1.807) is 6.26 Å². The highest BCUT2D eigenvalue weighted by atomic mass is 32.2. The molecule has 1 N–H and O–H groups in total. The van der Waals surface area contributed by atoms with Gasteiger partial charge in [-0.25, -0.2) is 0 Å². The van der Waals surface area contributed by atoms with E-state index >= 15 is 0 Å². The Labute approximate surface area is 78.6 Å². The maximum absolute atomic E-state index is 11.0. The van der Waals surface area contributed by atoms with Crippen molar-refractivity contribution in [1.29, 1.82) is 0 Å². The van der Waals surface area contributed by atoms with Crippen LogP contribution in [0.5, 0.6) is 0 Å². The van der Waals surface area contributed by atoms with Crippen molar-refractivity contribution in [3.05, 3.63) is 0 Å². The molecule has 3 unspecified atom stereocenters. The second-order valence-corrected chi connectivity index (χ2v) is 5.28. The van der Waals surface area contributed by atoms with E-state index in [1.807, 2.05) is 6.92 Å². The zero-order valence-corrected chi connectivity index (χ0v) is 9.41. The van der Waals surface area contributed by atoms with Gasteiger partial charge in [-0.1, -0.05) is 20.3 Å². The maximum Gasteiger partial charge on any atom is 0.0441 e. The van der Waals surface area contributed by atoms with Gasteiger partial charge in [-0.05, 0) is 19.4 Å². The topological polar surface area (TPSA) is 29.1 Å². The van der Waals surface area contributed by atoms with Gasteiger partial charge in [-0.2, -0.15) is 0 Å². The van der Waals surface area contributed by atoms with E-state index in [9.17, 15) is 4.21 Å². The fourth-order valence-corrected chi connectivity index (χ4v) is 1.15. The third kappa shape index (κ3) is 5.72. The molecule has 3 atom stereocenters. The molecular formula is C9H21NOS. The van der Waals surface area contributed by atoms with Crippen LogP contribution in [0.25, 0.3) is 0 Å². The minimum absolute atomic E-state index is 0.272. The van der Waals surface area contributed by atoms with Crippen LogP contribution in [0, 0.1) is 5.92 Å². The predicted molar refractivity (Wildman–Crippen MR) is 55.9 cm³/mol. The molecule has 0 saturated heterocycles. The van der Waals surface area contributed by atoms with E-state index < -0.39 is 10.8 Å². The first-order valence-electron chi connectivity index (χ1n) is 4.60. The average molecular weight is 191 g/mol. The molecule has 0 rings (SSSR count). The Bertz CT molecular complexity index is 138. The van der Waals surface area contributed by atoms with E-state index in [0.29, 0.717) is 0 Å². The highest BCUT2D eigenvalue weighted by Gasteiger charge is 2.05. The molecule has 0 aromatic heterocycles. The van der Waals surface area contributed by atoms with Crippen LogP contribution in [0.3, 0.4) is 0 Å². The van der Waals surface area contributed by atoms with Crippen molar-refractivity contribution in [2.24, 2.45) is 5.92 Å². The van der Waals surface area contributed by atoms with Crippen molar-refractivity contribution in [2.45, 2.75) is 32.4 Å². The zero-order valence-electron chi connectivity index (χ0n) is 8.59. The highest BCUT2D eigenvalue weighted by Crippen LogP contribution is 1.97. The second kappa shape index (κ2) is 6.61. The molecule has 0 amide bonds. The van der Waals surface area contributed by atoms with Crippen molar-refractivity contribution in [3.63, 3.8) is 0 Å². The van der Waals surface area contributed by atoms with Crippen LogP contribution in [-0.4, -0.2) is 28.8 Å². The number of hydrogen-bond acceptors (Lipinski definition) is 2. The Morgan fingerprint density at radius 1 is 1.33 bits per heavy atom. The van der Waals surface area contributed by atoms with Gasteiger partial charge in [0.15, 0.2) is 0 Å². The van der Waals surface area contributed by atoms with Gasteiger partial charge in [0, 0.05) is 28.9 Å². The lowest BCUT2D eigenvalue weighted by atomic mass is 10.1. The summed E-state index contributed by atoms with van der Waals surface area (Å²) in [4.78, 5) is 0. The second-order valence-electron chi connectivity index (χ2n) is 3.48. The van der Waals surface area contributed by atoms with Gasteiger partial charge in [0.25, 0.3) is 0 Å². The summed E-state index contributed by atoms with van der Waals surface area (Å²) in [6.45, 7) is 8.33. The molecule has 0 aromatic rings. The van der Waals surface area contributed by atoms with E-state index in [2.05, 4.69) is 19.2 Å². The molecule has 3 heteroatoms. The number of rotatable bonds is 6. The summed E-state index contributed by atoms with van der Waals surface area (Å²) in [5, 5.41) is 3.60. The van der Waals surface area contributed by atoms with Crippen LogP contribution in [0.4, 0.5) is 0 Å². The average Bonchev–Trinajstić information content (AvgIpc) is 2.03. The fraction of sp³-hybridized carbons (Fsp3) is 1.00. The summed E-state index contributed by atoms with van der Waals surface area (Å²) in [5.74, 6) is 0.725. The van der Waals surface area contributed by atoms with Crippen LogP contribution < -0.4 is 5.32 Å². The Morgan fingerprint density at radius 2 is 1.92 bits per heavy atom. The summed E-state index contributed by atoms with van der Waals surface area (Å²) in [7, 11) is -0.689. The SMILES string of the molecule is CCC(C)CNCC(C)S(C)=O. The van der Waals surface area contributed by atoms with Gasteiger partial charge in [0.1, 0.15) is 0 Å². The fourth-order valence-electron chi connectivity index (χ4n) is 0.795. The Balaban J connectivity index is 3.37. The highest BCUT2D eigenvalue weighted by molar-refractivity contribution is 7.84. The molecule has 0 heterocycles. The van der Waals surface area contributed by atoms with Gasteiger partial charge in [-0.15, -0.1) is 0 Å². The number of hydrogen-bond donors (Lipinski definition) is 1. The van der Waals surface area contributed by atoms with Gasteiger partial charge < -0.3 is 5.32 Å². The lowest BCUT2D eigenvalue weighted by Gasteiger charge is -2.12. The summed E-state index contributed by atoms with van der Waals surface area (Å²) in [6.07, 6.45) is 2.96. The maximum atomic E-state index is 11.0. The molecule has 12 heavy (non-hydrogen) atoms. The monoisotopic (exact) mass is 191 g/mol. The molecule has 0 aliphatic carbocycles. The van der Waals surface area contributed by atoms with Crippen LogP contribution in [0.2, 0.25) is 0 Å². The van der Waals surface area contributed by atoms with Gasteiger partial charge >= 0.3 is 0 Å². The summed E-state index contributed by atoms with van der Waals surface area (Å²) in [6, 6.07) is 0. The van der Waals surface area contributed by atoms with Crippen molar-refractivity contribution in [2.75, 3.05) is 19.3 Å². The van der Waals surface area contributed by atoms with E-state index in [4.69, 9.17) is 0 Å². The molecule has 0 aliphatic rings. The first-order chi connectivity index (χ1) is 5.57. The van der Waals surface area contributed by atoms with Crippen LogP contribution in [-0.2, 0) is 10.8 Å². The van der Waals surface area contributed by atoms with E-state index in [-0.39, 0.29) is 5.25 Å². The van der Waals surface area contributed by atoms with Crippen LogP contribution in [0.15, 0.2) is 0 Å². The molecule has 2 nitrogen and oxygen atoms in total. The Hall–Kier alpha value is 0.110. The predicted octanol–water partition coefficient (Wildman–Crippen LogP) is 1.39. The lowest BCUT2D eigenvalue weighted by molar-refractivity contribution is 0.500. The molecular weight excluding hydrogens is 170 g/mol. The number of nitrogens with one attached hydrogen (secondary N) is 1. The quantitative estimate of drug-likeness (QED) is 0.687. The van der Waals surface area contributed by atoms with Crippen LogP contribution >= 0.6 is 0 Å². The third-order valence-electron chi connectivity index (χ3n) is 2.19. The minimum atomic E-state index is -0.689. The first-order valence-corrected chi connectivity index (χ1v) is 6.23. The standard InChI is InChI=1S/C9H21NOS/c1-5-8(2)6-10-7-9(3)12(4)11/h8-10H,5-7H2,1-4H3. The van der Waals surface area contributed by atoms with E-state index in [1.165, 1.54) is 6.42 Å².